The molecular formula is C14H12O6. The van der Waals surface area contributed by atoms with Gasteiger partial charge in [0.1, 0.15) is 5.75 Å². The number of methoxy groups -OCH3 is 2. The molecule has 104 valence electrons. The highest BCUT2D eigenvalue weighted by Gasteiger charge is 2.19. The number of aldehydes is 1. The fraction of sp³-hybridized carbons (Fsp3) is 0.143. The lowest BCUT2D eigenvalue weighted by molar-refractivity contribution is 0.0696. The van der Waals surface area contributed by atoms with Crippen LogP contribution in [-0.4, -0.2) is 36.7 Å². The molecule has 0 amide bonds. The number of aromatic carboxylic acids is 1. The number of carboxylic acid groups (broad SMARTS) is 1. The molecule has 2 N–H and O–H groups in total. The molecule has 2 rings (SSSR count). The summed E-state index contributed by atoms with van der Waals surface area (Å²) in [6, 6.07) is 3.95. The molecule has 6 nitrogen and oxygen atoms in total. The number of fused-ring (bicyclic) bond motifs is 1. The van der Waals surface area contributed by atoms with Gasteiger partial charge < -0.3 is 19.7 Å². The maximum Gasteiger partial charge on any atom is 0.335 e. The van der Waals surface area contributed by atoms with E-state index in [2.05, 4.69) is 0 Å². The molecule has 0 atom stereocenters. The minimum Gasteiger partial charge on any atom is -0.507 e. The molecule has 0 fully saturated rings. The van der Waals surface area contributed by atoms with Crippen molar-refractivity contribution in [1.29, 1.82) is 0 Å². The van der Waals surface area contributed by atoms with Gasteiger partial charge in [-0.15, -0.1) is 0 Å². The molecule has 0 saturated heterocycles. The first-order valence-corrected chi connectivity index (χ1v) is 5.63. The third-order valence-corrected chi connectivity index (χ3v) is 2.96. The van der Waals surface area contributed by atoms with Gasteiger partial charge in [-0.3, -0.25) is 4.79 Å². The Labute approximate surface area is 114 Å². The Morgan fingerprint density at radius 3 is 2.40 bits per heavy atom. The number of ether oxygens (including phenoxy) is 2. The first-order chi connectivity index (χ1) is 9.53. The Balaban J connectivity index is 2.94. The fourth-order valence-corrected chi connectivity index (χ4v) is 2.11. The standard InChI is InChI=1S/C14H12O6/c1-19-11-5-7-3-8(14(17)18)4-10(16)12(7)9(6-15)13(11)20-2/h3-6,16H,1-2H3,(H,17,18). The first kappa shape index (κ1) is 13.7. The van der Waals surface area contributed by atoms with Crippen molar-refractivity contribution in [1.82, 2.24) is 0 Å². The second-order valence-electron chi connectivity index (χ2n) is 4.04. The largest absolute Gasteiger partial charge is 0.507 e. The summed E-state index contributed by atoms with van der Waals surface area (Å²) in [4.78, 5) is 22.3. The monoisotopic (exact) mass is 276 g/mol. The van der Waals surface area contributed by atoms with Gasteiger partial charge in [0.25, 0.3) is 0 Å². The number of phenolic OH excluding ortho intramolecular Hbond substituents is 1. The van der Waals surface area contributed by atoms with Crippen LogP contribution in [0, 0.1) is 0 Å². The molecule has 0 unspecified atom stereocenters. The number of carboxylic acids is 1. The Morgan fingerprint density at radius 2 is 1.90 bits per heavy atom. The molecule has 0 heterocycles. The quantitative estimate of drug-likeness (QED) is 0.830. The van der Waals surface area contributed by atoms with E-state index in [1.165, 1.54) is 26.4 Å². The molecule has 2 aromatic rings. The molecular weight excluding hydrogens is 264 g/mol. The van der Waals surface area contributed by atoms with Crippen LogP contribution in [0.4, 0.5) is 0 Å². The Kier molecular flexibility index (Phi) is 3.47. The van der Waals surface area contributed by atoms with Crippen molar-refractivity contribution in [3.63, 3.8) is 0 Å². The van der Waals surface area contributed by atoms with Crippen LogP contribution >= 0.6 is 0 Å². The van der Waals surface area contributed by atoms with Gasteiger partial charge >= 0.3 is 5.97 Å². The van der Waals surface area contributed by atoms with Gasteiger partial charge in [-0.2, -0.15) is 0 Å². The van der Waals surface area contributed by atoms with Crippen LogP contribution in [0.2, 0.25) is 0 Å². The Morgan fingerprint density at radius 1 is 1.20 bits per heavy atom. The van der Waals surface area contributed by atoms with Gasteiger partial charge in [-0.1, -0.05) is 0 Å². The van der Waals surface area contributed by atoms with Crippen molar-refractivity contribution in [3.05, 3.63) is 29.3 Å². The Bertz CT molecular complexity index is 705. The van der Waals surface area contributed by atoms with E-state index in [0.29, 0.717) is 11.7 Å². The number of benzene rings is 2. The molecule has 0 aromatic heterocycles. The highest BCUT2D eigenvalue weighted by Crippen LogP contribution is 2.40. The van der Waals surface area contributed by atoms with Crippen molar-refractivity contribution in [2.45, 2.75) is 0 Å². The van der Waals surface area contributed by atoms with Crippen molar-refractivity contribution in [2.75, 3.05) is 14.2 Å². The minimum atomic E-state index is -1.18. The molecule has 0 aliphatic carbocycles. The number of carbonyl (C=O) groups excluding carboxylic acids is 1. The molecule has 0 saturated carbocycles. The number of hydrogen-bond donors (Lipinski definition) is 2. The molecule has 20 heavy (non-hydrogen) atoms. The summed E-state index contributed by atoms with van der Waals surface area (Å²) in [5.74, 6) is -1.01. The van der Waals surface area contributed by atoms with E-state index >= 15 is 0 Å². The zero-order valence-electron chi connectivity index (χ0n) is 10.8. The van der Waals surface area contributed by atoms with Gasteiger partial charge in [0.05, 0.1) is 25.3 Å². The van der Waals surface area contributed by atoms with Crippen LogP contribution in [0.5, 0.6) is 17.2 Å². The van der Waals surface area contributed by atoms with Crippen LogP contribution in [0.15, 0.2) is 18.2 Å². The van der Waals surface area contributed by atoms with Crippen molar-refractivity contribution in [2.24, 2.45) is 0 Å². The lowest BCUT2D eigenvalue weighted by Crippen LogP contribution is -2.00. The second kappa shape index (κ2) is 5.08. The van der Waals surface area contributed by atoms with E-state index < -0.39 is 5.97 Å². The van der Waals surface area contributed by atoms with Crippen LogP contribution in [0.1, 0.15) is 20.7 Å². The summed E-state index contributed by atoms with van der Waals surface area (Å²) < 4.78 is 10.2. The summed E-state index contributed by atoms with van der Waals surface area (Å²) in [7, 11) is 2.78. The topological polar surface area (TPSA) is 93.1 Å². The van der Waals surface area contributed by atoms with E-state index in [-0.39, 0.29) is 33.8 Å². The van der Waals surface area contributed by atoms with Gasteiger partial charge in [0.2, 0.25) is 0 Å². The molecule has 6 heteroatoms. The van der Waals surface area contributed by atoms with Gasteiger partial charge in [-0.25, -0.2) is 4.79 Å². The van der Waals surface area contributed by atoms with Crippen molar-refractivity contribution >= 4 is 23.0 Å². The third-order valence-electron chi connectivity index (χ3n) is 2.96. The summed E-state index contributed by atoms with van der Waals surface area (Å²) in [6.07, 6.45) is 0.532. The van der Waals surface area contributed by atoms with E-state index in [4.69, 9.17) is 14.6 Å². The molecule has 0 aliphatic rings. The van der Waals surface area contributed by atoms with Crippen molar-refractivity contribution < 1.29 is 29.3 Å². The molecule has 0 spiro atoms. The predicted octanol–water partition coefficient (Wildman–Crippen LogP) is 2.07. The number of aromatic hydroxyl groups is 1. The summed E-state index contributed by atoms with van der Waals surface area (Å²) in [6.45, 7) is 0. The molecule has 0 bridgehead atoms. The predicted molar refractivity (Wildman–Crippen MR) is 71.1 cm³/mol. The highest BCUT2D eigenvalue weighted by atomic mass is 16.5. The summed E-state index contributed by atoms with van der Waals surface area (Å²) in [5.41, 5.74) is 0.0235. The second-order valence-corrected chi connectivity index (χ2v) is 4.04. The average molecular weight is 276 g/mol. The smallest absolute Gasteiger partial charge is 0.335 e. The lowest BCUT2D eigenvalue weighted by atomic mass is 10.00. The summed E-state index contributed by atoms with van der Waals surface area (Å²) >= 11 is 0. The summed E-state index contributed by atoms with van der Waals surface area (Å²) in [5, 5.41) is 19.6. The normalized spacial score (nSPS) is 10.3. The minimum absolute atomic E-state index is 0.0842. The SMILES string of the molecule is COc1cc2cc(C(=O)O)cc(O)c2c(C=O)c1OC. The maximum absolute atomic E-state index is 11.3. The Hall–Kier alpha value is -2.76. The van der Waals surface area contributed by atoms with E-state index in [9.17, 15) is 14.7 Å². The van der Waals surface area contributed by atoms with Gasteiger partial charge in [-0.05, 0) is 23.6 Å². The number of phenols is 1. The average Bonchev–Trinajstić information content (AvgIpc) is 2.44. The lowest BCUT2D eigenvalue weighted by Gasteiger charge is -2.14. The number of hydrogen-bond acceptors (Lipinski definition) is 5. The third kappa shape index (κ3) is 2.01. The first-order valence-electron chi connectivity index (χ1n) is 5.63. The van der Waals surface area contributed by atoms with Gasteiger partial charge in [0, 0.05) is 5.39 Å². The van der Waals surface area contributed by atoms with Crippen LogP contribution in [-0.2, 0) is 0 Å². The van der Waals surface area contributed by atoms with Crippen LogP contribution in [0.25, 0.3) is 10.8 Å². The van der Waals surface area contributed by atoms with E-state index in [1.807, 2.05) is 0 Å². The zero-order chi connectivity index (χ0) is 14.9. The van der Waals surface area contributed by atoms with Crippen molar-refractivity contribution in [3.8, 4) is 17.2 Å². The highest BCUT2D eigenvalue weighted by molar-refractivity contribution is 6.07. The maximum atomic E-state index is 11.3. The van der Waals surface area contributed by atoms with Gasteiger partial charge in [0.15, 0.2) is 17.8 Å². The zero-order valence-corrected chi connectivity index (χ0v) is 10.8. The number of carbonyl (C=O) groups is 2. The fourth-order valence-electron chi connectivity index (χ4n) is 2.11. The molecule has 0 radical (unpaired) electrons. The van der Waals surface area contributed by atoms with Crippen LogP contribution < -0.4 is 9.47 Å². The van der Waals surface area contributed by atoms with E-state index in [1.54, 1.807) is 0 Å². The molecule has 0 aliphatic heterocycles. The number of rotatable bonds is 4. The van der Waals surface area contributed by atoms with Crippen LogP contribution in [0.3, 0.4) is 0 Å². The molecule has 2 aromatic carbocycles. The van der Waals surface area contributed by atoms with E-state index in [0.717, 1.165) is 6.07 Å².